The van der Waals surface area contributed by atoms with Crippen LogP contribution in [0, 0.1) is 0 Å². The van der Waals surface area contributed by atoms with Gasteiger partial charge in [-0.1, -0.05) is 6.92 Å². The Labute approximate surface area is 97.5 Å². The molecule has 1 spiro atoms. The minimum atomic E-state index is 0.154. The highest BCUT2D eigenvalue weighted by atomic mass is 16.5. The van der Waals surface area contributed by atoms with E-state index in [1.807, 2.05) is 11.8 Å². The molecule has 0 radical (unpaired) electrons. The second kappa shape index (κ2) is 4.72. The number of nitrogens with zero attached hydrogens (tertiary/aromatic N) is 2. The van der Waals surface area contributed by atoms with Crippen molar-refractivity contribution in [2.45, 2.75) is 32.2 Å². The first-order valence-electron chi connectivity index (χ1n) is 6.32. The van der Waals surface area contributed by atoms with Crippen molar-refractivity contribution in [1.29, 1.82) is 0 Å². The second-order valence-electron chi connectivity index (χ2n) is 4.76. The number of rotatable bonds is 4. The monoisotopic (exact) mass is 226 g/mol. The van der Waals surface area contributed by atoms with Crippen molar-refractivity contribution in [3.63, 3.8) is 0 Å². The van der Waals surface area contributed by atoms with Crippen LogP contribution in [0.5, 0.6) is 0 Å². The minimum Gasteiger partial charge on any atom is -0.372 e. The van der Waals surface area contributed by atoms with E-state index < -0.39 is 0 Å². The van der Waals surface area contributed by atoms with Crippen molar-refractivity contribution in [2.75, 3.05) is 39.4 Å². The molecule has 2 saturated heterocycles. The van der Waals surface area contributed by atoms with Crippen molar-refractivity contribution in [3.8, 4) is 0 Å². The summed E-state index contributed by atoms with van der Waals surface area (Å²) in [5.74, 6) is 0.154. The topological polar surface area (TPSA) is 32.8 Å². The first-order chi connectivity index (χ1) is 7.72. The Balaban J connectivity index is 1.85. The molecule has 92 valence electrons. The Morgan fingerprint density at radius 3 is 2.62 bits per heavy atom. The Hall–Kier alpha value is -0.610. The number of likely N-dealkylation sites (N-methyl/N-ethyl adjacent to an activating group) is 1. The smallest absolute Gasteiger partial charge is 0.248 e. The fraction of sp³-hybridized carbons (Fsp3) is 0.917. The first kappa shape index (κ1) is 11.9. The minimum absolute atomic E-state index is 0.154. The van der Waals surface area contributed by atoms with Gasteiger partial charge in [0.15, 0.2) is 0 Å². The highest BCUT2D eigenvalue weighted by Gasteiger charge is 2.49. The fourth-order valence-electron chi connectivity index (χ4n) is 2.89. The van der Waals surface area contributed by atoms with E-state index in [0.717, 1.165) is 26.1 Å². The predicted octanol–water partition coefficient (Wildman–Crippen LogP) is 0.720. The van der Waals surface area contributed by atoms with Crippen LogP contribution < -0.4 is 0 Å². The molecule has 0 aliphatic carbocycles. The van der Waals surface area contributed by atoms with Crippen molar-refractivity contribution in [3.05, 3.63) is 0 Å². The highest BCUT2D eigenvalue weighted by molar-refractivity contribution is 5.78. The predicted molar refractivity (Wildman–Crippen MR) is 62.3 cm³/mol. The largest absolute Gasteiger partial charge is 0.372 e. The van der Waals surface area contributed by atoms with Gasteiger partial charge in [0.25, 0.3) is 0 Å². The van der Waals surface area contributed by atoms with Crippen molar-refractivity contribution < 1.29 is 9.53 Å². The molecule has 2 aliphatic rings. The van der Waals surface area contributed by atoms with Crippen molar-refractivity contribution >= 4 is 5.91 Å². The molecule has 2 fully saturated rings. The average Bonchev–Trinajstić information content (AvgIpc) is 2.72. The van der Waals surface area contributed by atoms with Gasteiger partial charge in [-0.15, -0.1) is 0 Å². The van der Waals surface area contributed by atoms with Gasteiger partial charge in [-0.3, -0.25) is 9.69 Å². The Kier molecular flexibility index (Phi) is 3.50. The molecule has 1 amide bonds. The van der Waals surface area contributed by atoms with Crippen LogP contribution in [0.3, 0.4) is 0 Å². The Morgan fingerprint density at radius 2 is 2.06 bits per heavy atom. The van der Waals surface area contributed by atoms with Gasteiger partial charge in [0, 0.05) is 31.8 Å². The zero-order valence-corrected chi connectivity index (χ0v) is 10.4. The third-order valence-electron chi connectivity index (χ3n) is 4.01. The van der Waals surface area contributed by atoms with Gasteiger partial charge in [0.1, 0.15) is 6.61 Å². The van der Waals surface area contributed by atoms with E-state index in [4.69, 9.17) is 4.74 Å². The third-order valence-corrected chi connectivity index (χ3v) is 4.01. The molecule has 2 rings (SSSR count). The van der Waals surface area contributed by atoms with Crippen LogP contribution in [0.15, 0.2) is 0 Å². The lowest BCUT2D eigenvalue weighted by Gasteiger charge is -2.50. The van der Waals surface area contributed by atoms with Gasteiger partial charge in [-0.2, -0.15) is 0 Å². The number of hydrogen-bond acceptors (Lipinski definition) is 3. The van der Waals surface area contributed by atoms with Gasteiger partial charge >= 0.3 is 0 Å². The summed E-state index contributed by atoms with van der Waals surface area (Å²) in [5, 5.41) is 0. The molecule has 2 heterocycles. The molecule has 0 saturated carbocycles. The van der Waals surface area contributed by atoms with E-state index in [1.165, 1.54) is 13.0 Å². The van der Waals surface area contributed by atoms with Crippen LogP contribution in [0.4, 0.5) is 0 Å². The second-order valence-corrected chi connectivity index (χ2v) is 4.76. The Bertz CT molecular complexity index is 268. The molecule has 0 aromatic rings. The lowest BCUT2D eigenvalue weighted by molar-refractivity contribution is -0.136. The summed E-state index contributed by atoms with van der Waals surface area (Å²) in [4.78, 5) is 16.3. The summed E-state index contributed by atoms with van der Waals surface area (Å²) in [7, 11) is 0. The van der Waals surface area contributed by atoms with Crippen molar-refractivity contribution in [1.82, 2.24) is 9.80 Å². The lowest BCUT2D eigenvalue weighted by atomic mass is 9.84. The quantitative estimate of drug-likeness (QED) is 0.708. The van der Waals surface area contributed by atoms with Gasteiger partial charge in [-0.25, -0.2) is 0 Å². The molecule has 2 aliphatic heterocycles. The van der Waals surface area contributed by atoms with Crippen LogP contribution >= 0.6 is 0 Å². The summed E-state index contributed by atoms with van der Waals surface area (Å²) >= 11 is 0. The number of likely N-dealkylation sites (tertiary alicyclic amines) is 2. The summed E-state index contributed by atoms with van der Waals surface area (Å²) in [6.45, 7) is 9.10. The molecular formula is C12H22N2O2. The van der Waals surface area contributed by atoms with Gasteiger partial charge < -0.3 is 9.64 Å². The standard InChI is InChI=1S/C12H22N2O2/c1-3-14-8-6-12(14)5-7-13(10-12)11(15)9-16-4-2/h3-10H2,1-2H3/t12-/m0/s1. The summed E-state index contributed by atoms with van der Waals surface area (Å²) < 4.78 is 5.18. The molecular weight excluding hydrogens is 204 g/mol. The molecule has 0 aromatic carbocycles. The number of carbonyl (C=O) groups is 1. The van der Waals surface area contributed by atoms with Gasteiger partial charge in [-0.05, 0) is 26.3 Å². The summed E-state index contributed by atoms with van der Waals surface area (Å²) in [6.07, 6.45) is 2.39. The number of hydrogen-bond donors (Lipinski definition) is 0. The van der Waals surface area contributed by atoms with E-state index in [0.29, 0.717) is 12.1 Å². The first-order valence-corrected chi connectivity index (χ1v) is 6.32. The van der Waals surface area contributed by atoms with E-state index in [9.17, 15) is 4.79 Å². The SMILES string of the molecule is CCOCC(=O)N1CC[C@]2(CCN2CC)C1. The molecule has 4 heteroatoms. The summed E-state index contributed by atoms with van der Waals surface area (Å²) in [6, 6.07) is 0. The normalized spacial score (nSPS) is 29.8. The molecule has 0 N–H and O–H groups in total. The highest BCUT2D eigenvalue weighted by Crippen LogP contribution is 2.38. The van der Waals surface area contributed by atoms with Gasteiger partial charge in [0.2, 0.25) is 5.91 Å². The molecule has 0 aromatic heterocycles. The summed E-state index contributed by atoms with van der Waals surface area (Å²) in [5.41, 5.74) is 0.316. The zero-order chi connectivity index (χ0) is 11.6. The fourth-order valence-corrected chi connectivity index (χ4v) is 2.89. The van der Waals surface area contributed by atoms with E-state index in [-0.39, 0.29) is 12.5 Å². The maximum Gasteiger partial charge on any atom is 0.248 e. The number of ether oxygens (including phenoxy) is 1. The van der Waals surface area contributed by atoms with E-state index in [2.05, 4.69) is 11.8 Å². The van der Waals surface area contributed by atoms with Crippen LogP contribution in [-0.4, -0.2) is 60.6 Å². The van der Waals surface area contributed by atoms with Crippen LogP contribution in [0.1, 0.15) is 26.7 Å². The molecule has 0 bridgehead atoms. The maximum absolute atomic E-state index is 11.8. The van der Waals surface area contributed by atoms with E-state index in [1.54, 1.807) is 0 Å². The van der Waals surface area contributed by atoms with Crippen LogP contribution in [0.2, 0.25) is 0 Å². The van der Waals surface area contributed by atoms with E-state index >= 15 is 0 Å². The molecule has 1 atom stereocenters. The van der Waals surface area contributed by atoms with Crippen LogP contribution in [0.25, 0.3) is 0 Å². The Morgan fingerprint density at radius 1 is 1.31 bits per heavy atom. The molecule has 4 nitrogen and oxygen atoms in total. The third kappa shape index (κ3) is 1.96. The number of carbonyl (C=O) groups excluding carboxylic acids is 1. The lowest BCUT2D eigenvalue weighted by Crippen LogP contribution is -2.61. The maximum atomic E-state index is 11.8. The average molecular weight is 226 g/mol. The zero-order valence-electron chi connectivity index (χ0n) is 10.4. The van der Waals surface area contributed by atoms with Crippen LogP contribution in [-0.2, 0) is 9.53 Å². The molecule has 16 heavy (non-hydrogen) atoms. The van der Waals surface area contributed by atoms with Gasteiger partial charge in [0.05, 0.1) is 0 Å². The number of amides is 1. The van der Waals surface area contributed by atoms with Crippen molar-refractivity contribution in [2.24, 2.45) is 0 Å². The molecule has 0 unspecified atom stereocenters.